The third-order valence-electron chi connectivity index (χ3n) is 3.26. The number of hydrogen-bond donors (Lipinski definition) is 1. The number of aryl methyl sites for hydroxylation is 1. The van der Waals surface area contributed by atoms with E-state index in [1.54, 1.807) is 15.4 Å². The summed E-state index contributed by atoms with van der Waals surface area (Å²) in [6.07, 6.45) is 1.77. The van der Waals surface area contributed by atoms with Crippen LogP contribution in [0.4, 0.5) is 0 Å². The molecule has 0 saturated carbocycles. The van der Waals surface area contributed by atoms with Crippen LogP contribution in [0.25, 0.3) is 10.2 Å². The van der Waals surface area contributed by atoms with Crippen molar-refractivity contribution in [2.24, 2.45) is 7.05 Å². The summed E-state index contributed by atoms with van der Waals surface area (Å²) in [5.41, 5.74) is 2.80. The Morgan fingerprint density at radius 1 is 1.53 bits per heavy atom. The molecule has 0 amide bonds. The number of thiophene rings is 1. The average Bonchev–Trinajstić information content (AvgIpc) is 2.95. The predicted octanol–water partition coefficient (Wildman–Crippen LogP) is 2.21. The van der Waals surface area contributed by atoms with Crippen LogP contribution in [-0.4, -0.2) is 19.3 Å². The Bertz CT molecular complexity index is 868. The molecular weight excluding hydrogens is 280 g/mol. The highest BCUT2D eigenvalue weighted by Crippen LogP contribution is 2.15. The molecule has 1 N–H and O–H groups in total. The van der Waals surface area contributed by atoms with Crippen LogP contribution in [0.15, 0.2) is 22.4 Å². The zero-order valence-corrected chi connectivity index (χ0v) is 12.1. The fraction of sp³-hybridized carbons (Fsp3) is 0.250. The molecule has 0 saturated heterocycles. The van der Waals surface area contributed by atoms with Crippen molar-refractivity contribution in [3.63, 3.8) is 0 Å². The van der Waals surface area contributed by atoms with Crippen LogP contribution in [-0.2, 0) is 13.6 Å². The van der Waals surface area contributed by atoms with Gasteiger partial charge in [0.15, 0.2) is 4.77 Å². The summed E-state index contributed by atoms with van der Waals surface area (Å²) in [4.78, 5) is 15.5. The lowest BCUT2D eigenvalue weighted by atomic mass is 10.2. The topological polar surface area (TPSA) is 55.6 Å². The maximum atomic E-state index is 12.4. The van der Waals surface area contributed by atoms with E-state index >= 15 is 0 Å². The SMILES string of the molecule is Cc1c(Cn2c(=S)[nH]c3ccsc3c2=O)cnn1C. The molecule has 3 heterocycles. The average molecular weight is 292 g/mol. The van der Waals surface area contributed by atoms with E-state index in [1.165, 1.54) is 11.3 Å². The molecule has 0 aliphatic carbocycles. The van der Waals surface area contributed by atoms with Crippen molar-refractivity contribution in [3.8, 4) is 0 Å². The molecular formula is C12H12N4OS2. The Morgan fingerprint density at radius 3 is 3.00 bits per heavy atom. The molecule has 0 aliphatic heterocycles. The van der Waals surface area contributed by atoms with Gasteiger partial charge < -0.3 is 4.98 Å². The lowest BCUT2D eigenvalue weighted by Crippen LogP contribution is -2.22. The van der Waals surface area contributed by atoms with Gasteiger partial charge in [0.1, 0.15) is 4.70 Å². The summed E-state index contributed by atoms with van der Waals surface area (Å²) in [6, 6.07) is 1.87. The largest absolute Gasteiger partial charge is 0.331 e. The maximum absolute atomic E-state index is 12.4. The van der Waals surface area contributed by atoms with Crippen LogP contribution >= 0.6 is 23.6 Å². The molecule has 0 fully saturated rings. The molecule has 98 valence electrons. The molecule has 3 rings (SSSR count). The second kappa shape index (κ2) is 4.43. The molecule has 0 radical (unpaired) electrons. The minimum Gasteiger partial charge on any atom is -0.331 e. The van der Waals surface area contributed by atoms with Crippen LogP contribution in [0.3, 0.4) is 0 Å². The second-order valence-electron chi connectivity index (χ2n) is 4.36. The van der Waals surface area contributed by atoms with Crippen molar-refractivity contribution in [2.75, 3.05) is 0 Å². The van der Waals surface area contributed by atoms with Gasteiger partial charge in [0.05, 0.1) is 18.3 Å². The molecule has 0 bridgehead atoms. The number of rotatable bonds is 2. The fourth-order valence-corrected chi connectivity index (χ4v) is 3.04. The molecule has 3 aromatic rings. The van der Waals surface area contributed by atoms with Crippen molar-refractivity contribution in [1.29, 1.82) is 0 Å². The van der Waals surface area contributed by atoms with Gasteiger partial charge in [0.2, 0.25) is 0 Å². The van der Waals surface area contributed by atoms with Gasteiger partial charge in [-0.05, 0) is 30.6 Å². The molecule has 0 spiro atoms. The van der Waals surface area contributed by atoms with E-state index in [1.807, 2.05) is 25.4 Å². The molecule has 7 heteroatoms. The smallest absolute Gasteiger partial charge is 0.272 e. The van der Waals surface area contributed by atoms with Gasteiger partial charge in [-0.1, -0.05) is 0 Å². The van der Waals surface area contributed by atoms with Gasteiger partial charge in [0, 0.05) is 18.3 Å². The van der Waals surface area contributed by atoms with Gasteiger partial charge in [0.25, 0.3) is 5.56 Å². The van der Waals surface area contributed by atoms with Crippen LogP contribution in [0.5, 0.6) is 0 Å². The van der Waals surface area contributed by atoms with Crippen LogP contribution < -0.4 is 5.56 Å². The summed E-state index contributed by atoms with van der Waals surface area (Å²) in [5, 5.41) is 6.07. The molecule has 0 aromatic carbocycles. The number of fused-ring (bicyclic) bond motifs is 1. The van der Waals surface area contributed by atoms with Gasteiger partial charge in [-0.25, -0.2) is 0 Å². The minimum atomic E-state index is -0.0444. The molecule has 5 nitrogen and oxygen atoms in total. The minimum absolute atomic E-state index is 0.0444. The summed E-state index contributed by atoms with van der Waals surface area (Å²) in [6.45, 7) is 2.42. The highest BCUT2D eigenvalue weighted by Gasteiger charge is 2.10. The van der Waals surface area contributed by atoms with Crippen LogP contribution in [0.2, 0.25) is 0 Å². The Balaban J connectivity index is 2.18. The summed E-state index contributed by atoms with van der Waals surface area (Å²) >= 11 is 6.69. The first kappa shape index (κ1) is 12.3. The lowest BCUT2D eigenvalue weighted by Gasteiger charge is -2.06. The molecule has 0 aliphatic rings. The van der Waals surface area contributed by atoms with Crippen molar-refractivity contribution in [2.45, 2.75) is 13.5 Å². The molecule has 19 heavy (non-hydrogen) atoms. The zero-order valence-electron chi connectivity index (χ0n) is 10.5. The Labute approximate surface area is 118 Å². The van der Waals surface area contributed by atoms with E-state index in [-0.39, 0.29) is 5.56 Å². The molecule has 0 unspecified atom stereocenters. The van der Waals surface area contributed by atoms with Gasteiger partial charge in [-0.2, -0.15) is 5.10 Å². The summed E-state index contributed by atoms with van der Waals surface area (Å²) in [5.74, 6) is 0. The number of aromatic nitrogens is 4. The van der Waals surface area contributed by atoms with Crippen molar-refractivity contribution >= 4 is 33.8 Å². The van der Waals surface area contributed by atoms with E-state index in [9.17, 15) is 4.79 Å². The van der Waals surface area contributed by atoms with E-state index in [0.717, 1.165) is 16.8 Å². The summed E-state index contributed by atoms with van der Waals surface area (Å²) in [7, 11) is 1.88. The van der Waals surface area contributed by atoms with Gasteiger partial charge in [-0.15, -0.1) is 11.3 Å². The number of hydrogen-bond acceptors (Lipinski definition) is 4. The number of H-pyrrole nitrogens is 1. The Morgan fingerprint density at radius 2 is 2.32 bits per heavy atom. The van der Waals surface area contributed by atoms with Gasteiger partial charge in [-0.3, -0.25) is 14.0 Å². The van der Waals surface area contributed by atoms with Crippen molar-refractivity contribution in [3.05, 3.63) is 44.0 Å². The maximum Gasteiger partial charge on any atom is 0.272 e. The van der Waals surface area contributed by atoms with Crippen molar-refractivity contribution in [1.82, 2.24) is 19.3 Å². The van der Waals surface area contributed by atoms with E-state index in [0.29, 0.717) is 16.0 Å². The highest BCUT2D eigenvalue weighted by atomic mass is 32.1. The predicted molar refractivity (Wildman–Crippen MR) is 78.3 cm³/mol. The van der Waals surface area contributed by atoms with E-state index < -0.39 is 0 Å². The quantitative estimate of drug-likeness (QED) is 0.737. The third-order valence-corrected chi connectivity index (χ3v) is 4.48. The first-order valence-electron chi connectivity index (χ1n) is 5.75. The Hall–Kier alpha value is -1.73. The molecule has 0 atom stereocenters. The van der Waals surface area contributed by atoms with E-state index in [2.05, 4.69) is 10.1 Å². The number of nitrogens with one attached hydrogen (secondary N) is 1. The third kappa shape index (κ3) is 1.95. The monoisotopic (exact) mass is 292 g/mol. The number of nitrogens with zero attached hydrogens (tertiary/aromatic N) is 3. The zero-order chi connectivity index (χ0) is 13.6. The normalized spacial score (nSPS) is 11.3. The fourth-order valence-electron chi connectivity index (χ4n) is 1.98. The van der Waals surface area contributed by atoms with E-state index in [4.69, 9.17) is 12.2 Å². The summed E-state index contributed by atoms with van der Waals surface area (Å²) < 4.78 is 4.52. The standard InChI is InChI=1S/C12H12N4OS2/c1-7-8(5-13-15(7)2)6-16-11(17)10-9(3-4-19-10)14-12(16)18/h3-5H,6H2,1-2H3,(H,14,18). The highest BCUT2D eigenvalue weighted by molar-refractivity contribution is 7.71. The number of aromatic amines is 1. The molecule has 3 aromatic heterocycles. The first-order valence-corrected chi connectivity index (χ1v) is 7.04. The van der Waals surface area contributed by atoms with Crippen molar-refractivity contribution < 1.29 is 0 Å². The van der Waals surface area contributed by atoms with Gasteiger partial charge >= 0.3 is 0 Å². The first-order chi connectivity index (χ1) is 9.08. The van der Waals surface area contributed by atoms with Crippen LogP contribution in [0, 0.1) is 11.7 Å². The van der Waals surface area contributed by atoms with Crippen LogP contribution in [0.1, 0.15) is 11.3 Å². The lowest BCUT2D eigenvalue weighted by molar-refractivity contribution is 0.715. The second-order valence-corrected chi connectivity index (χ2v) is 5.67. The Kier molecular flexibility index (Phi) is 2.87.